The standard InChI is InChI=1S/C18H29N/c1-12(2)15-5-6-16(11-19)18(10-15)17-8-13(3)7-14(4)9-17/h7-9,12,15-16,18H,5-6,10-11,19H2,1-4H3. The van der Waals surface area contributed by atoms with Crippen molar-refractivity contribution >= 4 is 0 Å². The Bertz CT molecular complexity index is 401. The van der Waals surface area contributed by atoms with Gasteiger partial charge < -0.3 is 5.73 Å². The van der Waals surface area contributed by atoms with E-state index in [0.717, 1.165) is 18.4 Å². The first-order valence-electron chi connectivity index (χ1n) is 7.79. The van der Waals surface area contributed by atoms with Crippen LogP contribution in [0.5, 0.6) is 0 Å². The molecule has 1 nitrogen and oxygen atoms in total. The topological polar surface area (TPSA) is 26.0 Å². The van der Waals surface area contributed by atoms with E-state index < -0.39 is 0 Å². The molecule has 1 aliphatic rings. The van der Waals surface area contributed by atoms with Crippen molar-refractivity contribution in [2.45, 2.75) is 52.9 Å². The lowest BCUT2D eigenvalue weighted by atomic mass is 9.68. The minimum atomic E-state index is 0.671. The Hall–Kier alpha value is -0.820. The highest BCUT2D eigenvalue weighted by atomic mass is 14.6. The molecule has 1 fully saturated rings. The Morgan fingerprint density at radius 2 is 1.74 bits per heavy atom. The Labute approximate surface area is 118 Å². The summed E-state index contributed by atoms with van der Waals surface area (Å²) in [4.78, 5) is 0. The van der Waals surface area contributed by atoms with Gasteiger partial charge in [0, 0.05) is 0 Å². The van der Waals surface area contributed by atoms with Gasteiger partial charge in [-0.2, -0.15) is 0 Å². The van der Waals surface area contributed by atoms with Crippen LogP contribution in [-0.2, 0) is 0 Å². The number of aryl methyl sites for hydroxylation is 2. The zero-order valence-corrected chi connectivity index (χ0v) is 12.9. The van der Waals surface area contributed by atoms with Gasteiger partial charge in [0.25, 0.3) is 0 Å². The monoisotopic (exact) mass is 259 g/mol. The number of nitrogens with two attached hydrogens (primary N) is 1. The lowest BCUT2D eigenvalue weighted by Crippen LogP contribution is -2.30. The normalized spacial score (nSPS) is 27.8. The van der Waals surface area contributed by atoms with Crippen molar-refractivity contribution in [3.05, 3.63) is 34.9 Å². The molecule has 0 aliphatic heterocycles. The molecular formula is C18H29N. The Balaban J connectivity index is 2.26. The third kappa shape index (κ3) is 3.39. The molecule has 0 bridgehead atoms. The summed E-state index contributed by atoms with van der Waals surface area (Å²) in [5, 5.41) is 0. The van der Waals surface area contributed by atoms with E-state index in [4.69, 9.17) is 5.73 Å². The zero-order chi connectivity index (χ0) is 14.0. The maximum atomic E-state index is 6.03. The summed E-state index contributed by atoms with van der Waals surface area (Å²) in [6.45, 7) is 9.98. The van der Waals surface area contributed by atoms with E-state index in [2.05, 4.69) is 45.9 Å². The summed E-state index contributed by atoms with van der Waals surface area (Å²) in [5.41, 5.74) is 10.3. The molecule has 3 unspecified atom stereocenters. The predicted molar refractivity (Wildman–Crippen MR) is 83.4 cm³/mol. The highest BCUT2D eigenvalue weighted by Gasteiger charge is 2.32. The maximum absolute atomic E-state index is 6.03. The third-order valence-corrected chi connectivity index (χ3v) is 4.95. The van der Waals surface area contributed by atoms with Gasteiger partial charge >= 0.3 is 0 Å². The van der Waals surface area contributed by atoms with E-state index in [-0.39, 0.29) is 0 Å². The van der Waals surface area contributed by atoms with Crippen molar-refractivity contribution in [3.63, 3.8) is 0 Å². The van der Waals surface area contributed by atoms with Crippen molar-refractivity contribution in [1.29, 1.82) is 0 Å². The average Bonchev–Trinajstić information content (AvgIpc) is 2.36. The van der Waals surface area contributed by atoms with Crippen LogP contribution in [0.2, 0.25) is 0 Å². The van der Waals surface area contributed by atoms with Gasteiger partial charge in [0.1, 0.15) is 0 Å². The van der Waals surface area contributed by atoms with Crippen molar-refractivity contribution in [3.8, 4) is 0 Å². The van der Waals surface area contributed by atoms with E-state index >= 15 is 0 Å². The summed E-state index contributed by atoms with van der Waals surface area (Å²) >= 11 is 0. The summed E-state index contributed by atoms with van der Waals surface area (Å²) in [6, 6.07) is 7.02. The van der Waals surface area contributed by atoms with Gasteiger partial charge in [-0.1, -0.05) is 43.2 Å². The summed E-state index contributed by atoms with van der Waals surface area (Å²) in [7, 11) is 0. The van der Waals surface area contributed by atoms with Crippen molar-refractivity contribution in [2.24, 2.45) is 23.5 Å². The summed E-state index contributed by atoms with van der Waals surface area (Å²) in [5.74, 6) is 3.02. The number of rotatable bonds is 3. The Morgan fingerprint density at radius 3 is 2.26 bits per heavy atom. The van der Waals surface area contributed by atoms with Crippen LogP contribution < -0.4 is 5.73 Å². The van der Waals surface area contributed by atoms with Crippen LogP contribution in [0.15, 0.2) is 18.2 Å². The lowest BCUT2D eigenvalue weighted by Gasteiger charge is -2.38. The molecule has 1 heteroatoms. The second-order valence-electron chi connectivity index (χ2n) is 6.84. The van der Waals surface area contributed by atoms with Crippen LogP contribution in [0.3, 0.4) is 0 Å². The molecule has 1 aliphatic carbocycles. The van der Waals surface area contributed by atoms with Crippen LogP contribution in [0.1, 0.15) is 55.7 Å². The quantitative estimate of drug-likeness (QED) is 0.854. The first kappa shape index (κ1) is 14.6. The molecule has 1 aromatic rings. The molecule has 2 rings (SSSR count). The van der Waals surface area contributed by atoms with Crippen LogP contribution in [0, 0.1) is 31.6 Å². The first-order valence-corrected chi connectivity index (χ1v) is 7.79. The van der Waals surface area contributed by atoms with Gasteiger partial charge in [0.05, 0.1) is 0 Å². The molecule has 0 amide bonds. The first-order chi connectivity index (χ1) is 9.01. The minimum Gasteiger partial charge on any atom is -0.330 e. The van der Waals surface area contributed by atoms with Crippen molar-refractivity contribution in [2.75, 3.05) is 6.54 Å². The predicted octanol–water partition coefficient (Wildman–Crippen LogP) is 4.42. The van der Waals surface area contributed by atoms with E-state index in [0.29, 0.717) is 11.8 Å². The van der Waals surface area contributed by atoms with E-state index in [1.807, 2.05) is 0 Å². The molecule has 0 saturated heterocycles. The van der Waals surface area contributed by atoms with Gasteiger partial charge in [-0.3, -0.25) is 0 Å². The SMILES string of the molecule is Cc1cc(C)cc(C2CC(C(C)C)CCC2CN)c1. The fourth-order valence-electron chi connectivity index (χ4n) is 3.79. The van der Waals surface area contributed by atoms with Gasteiger partial charge in [0.15, 0.2) is 0 Å². The molecule has 1 saturated carbocycles. The van der Waals surface area contributed by atoms with Gasteiger partial charge in [-0.05, 0) is 68.9 Å². The minimum absolute atomic E-state index is 0.671. The molecule has 1 aromatic carbocycles. The summed E-state index contributed by atoms with van der Waals surface area (Å²) < 4.78 is 0. The van der Waals surface area contributed by atoms with Gasteiger partial charge in [0.2, 0.25) is 0 Å². The van der Waals surface area contributed by atoms with Crippen LogP contribution >= 0.6 is 0 Å². The molecule has 0 heterocycles. The van der Waals surface area contributed by atoms with E-state index in [1.54, 1.807) is 0 Å². The largest absolute Gasteiger partial charge is 0.330 e. The fraction of sp³-hybridized carbons (Fsp3) is 0.667. The van der Waals surface area contributed by atoms with E-state index in [9.17, 15) is 0 Å². The molecule has 19 heavy (non-hydrogen) atoms. The zero-order valence-electron chi connectivity index (χ0n) is 12.9. The number of benzene rings is 1. The molecule has 0 radical (unpaired) electrons. The maximum Gasteiger partial charge on any atom is -0.00430 e. The highest BCUT2D eigenvalue weighted by Crippen LogP contribution is 2.43. The molecular weight excluding hydrogens is 230 g/mol. The lowest BCUT2D eigenvalue weighted by molar-refractivity contribution is 0.197. The molecule has 2 N–H and O–H groups in total. The molecule has 106 valence electrons. The molecule has 0 spiro atoms. The van der Waals surface area contributed by atoms with Gasteiger partial charge in [-0.15, -0.1) is 0 Å². The third-order valence-electron chi connectivity index (χ3n) is 4.95. The van der Waals surface area contributed by atoms with Crippen LogP contribution in [-0.4, -0.2) is 6.54 Å². The molecule has 3 atom stereocenters. The highest BCUT2D eigenvalue weighted by molar-refractivity contribution is 5.31. The van der Waals surface area contributed by atoms with Gasteiger partial charge in [-0.25, -0.2) is 0 Å². The fourth-order valence-corrected chi connectivity index (χ4v) is 3.79. The smallest absolute Gasteiger partial charge is 0.00430 e. The van der Waals surface area contributed by atoms with Crippen molar-refractivity contribution in [1.82, 2.24) is 0 Å². The second-order valence-corrected chi connectivity index (χ2v) is 6.84. The second kappa shape index (κ2) is 6.09. The Kier molecular flexibility index (Phi) is 4.67. The van der Waals surface area contributed by atoms with Crippen LogP contribution in [0.4, 0.5) is 0 Å². The van der Waals surface area contributed by atoms with E-state index in [1.165, 1.54) is 36.0 Å². The Morgan fingerprint density at radius 1 is 1.11 bits per heavy atom. The number of hydrogen-bond acceptors (Lipinski definition) is 1. The average molecular weight is 259 g/mol. The molecule has 0 aromatic heterocycles. The summed E-state index contributed by atoms with van der Waals surface area (Å²) in [6.07, 6.45) is 3.99. The van der Waals surface area contributed by atoms with Crippen LogP contribution in [0.25, 0.3) is 0 Å². The number of hydrogen-bond donors (Lipinski definition) is 1. The van der Waals surface area contributed by atoms with Crippen molar-refractivity contribution < 1.29 is 0 Å².